The lowest BCUT2D eigenvalue weighted by Gasteiger charge is -2.19. The Morgan fingerprint density at radius 3 is 2.03 bits per heavy atom. The van der Waals surface area contributed by atoms with Crippen molar-refractivity contribution in [1.29, 1.82) is 0 Å². The van der Waals surface area contributed by atoms with E-state index in [1.165, 1.54) is 31.2 Å². The fourth-order valence-electron chi connectivity index (χ4n) is 2.98. The first-order valence-corrected chi connectivity index (χ1v) is 8.60. The van der Waals surface area contributed by atoms with Crippen LogP contribution in [-0.2, 0) is 9.59 Å². The average molecular weight is 389 g/mol. The van der Waals surface area contributed by atoms with Crippen LogP contribution in [0.3, 0.4) is 0 Å². The van der Waals surface area contributed by atoms with E-state index in [4.69, 9.17) is 0 Å². The number of rotatable bonds is 6. The van der Waals surface area contributed by atoms with Crippen molar-refractivity contribution in [3.8, 4) is 0 Å². The number of hydrogen-bond donors (Lipinski definition) is 1. The Bertz CT molecular complexity index is 1080. The molecule has 0 spiro atoms. The third kappa shape index (κ3) is 3.52. The van der Waals surface area contributed by atoms with Gasteiger partial charge in [-0.1, -0.05) is 42.5 Å². The highest BCUT2D eigenvalue weighted by atomic mass is 16.3. The van der Waals surface area contributed by atoms with Crippen LogP contribution in [0.15, 0.2) is 60.7 Å². The van der Waals surface area contributed by atoms with Crippen LogP contribution >= 0.6 is 0 Å². The summed E-state index contributed by atoms with van der Waals surface area (Å²) in [6.45, 7) is 1.25. The van der Waals surface area contributed by atoms with E-state index >= 15 is 0 Å². The highest BCUT2D eigenvalue weighted by molar-refractivity contribution is 6.67. The quantitative estimate of drug-likeness (QED) is 0.154. The second-order valence-corrected chi connectivity index (χ2v) is 6.27. The first kappa shape index (κ1) is 19.6. The molecule has 2 amide bonds. The van der Waals surface area contributed by atoms with Crippen molar-refractivity contribution in [3.05, 3.63) is 82.9 Å². The minimum Gasteiger partial charge on any atom is -0.507 e. The first-order chi connectivity index (χ1) is 13.9. The van der Waals surface area contributed by atoms with Gasteiger partial charge in [0, 0.05) is 11.6 Å². The Morgan fingerprint density at radius 2 is 1.52 bits per heavy atom. The van der Waals surface area contributed by atoms with Gasteiger partial charge in [-0.3, -0.25) is 24.1 Å². The molecule has 0 aromatic heterocycles. The number of carbonyl (C=O) groups excluding carboxylic acids is 4. The highest BCUT2D eigenvalue weighted by Crippen LogP contribution is 2.24. The summed E-state index contributed by atoms with van der Waals surface area (Å²) in [6, 6.07) is 12.8. The van der Waals surface area contributed by atoms with Gasteiger partial charge in [-0.25, -0.2) is 0 Å². The molecular formula is C21H15N3O5. The van der Waals surface area contributed by atoms with Crippen LogP contribution in [0.2, 0.25) is 0 Å². The lowest BCUT2D eigenvalue weighted by atomic mass is 10.0. The minimum absolute atomic E-state index is 0.146. The monoisotopic (exact) mass is 389 g/mol. The topological polar surface area (TPSA) is 128 Å². The number of aliphatic hydroxyl groups excluding tert-OH is 1. The van der Waals surface area contributed by atoms with Crippen LogP contribution in [0.5, 0.6) is 0 Å². The second kappa shape index (κ2) is 7.84. The molecule has 144 valence electrons. The van der Waals surface area contributed by atoms with E-state index in [1.54, 1.807) is 30.3 Å². The van der Waals surface area contributed by atoms with Crippen molar-refractivity contribution in [2.45, 2.75) is 13.0 Å². The molecule has 0 bridgehead atoms. The molecule has 3 rings (SSSR count). The fourth-order valence-corrected chi connectivity index (χ4v) is 2.98. The van der Waals surface area contributed by atoms with Crippen LogP contribution in [-0.4, -0.2) is 49.9 Å². The van der Waals surface area contributed by atoms with Crippen molar-refractivity contribution in [1.82, 2.24) is 4.90 Å². The van der Waals surface area contributed by atoms with Gasteiger partial charge in [0.05, 0.1) is 11.1 Å². The van der Waals surface area contributed by atoms with Gasteiger partial charge < -0.3 is 10.6 Å². The number of benzene rings is 2. The molecule has 8 nitrogen and oxygen atoms in total. The maximum absolute atomic E-state index is 12.7. The maximum Gasteiger partial charge on any atom is 0.406 e. The van der Waals surface area contributed by atoms with Crippen LogP contribution in [0.4, 0.5) is 0 Å². The lowest BCUT2D eigenvalue weighted by Crippen LogP contribution is -2.47. The number of fused-ring (bicyclic) bond motifs is 1. The molecule has 2 aromatic carbocycles. The largest absolute Gasteiger partial charge is 0.507 e. The standard InChI is InChI=1S/C21H15N3O5/c1-12(24-20(28)14-9-5-6-10-15(14)21(24)29)19(27)18(23-22)17(26)11-16(25)13-7-3-2-4-8-13/h2-12,25H,1H3/b16-11-. The van der Waals surface area contributed by atoms with E-state index in [9.17, 15) is 29.8 Å². The number of imide groups is 1. The molecule has 0 radical (unpaired) electrons. The average Bonchev–Trinajstić information content (AvgIpc) is 2.99. The highest BCUT2D eigenvalue weighted by Gasteiger charge is 2.44. The van der Waals surface area contributed by atoms with Crippen LogP contribution < -0.4 is 0 Å². The zero-order valence-electron chi connectivity index (χ0n) is 15.3. The van der Waals surface area contributed by atoms with Crippen molar-refractivity contribution in [2.24, 2.45) is 0 Å². The lowest BCUT2D eigenvalue weighted by molar-refractivity contribution is -0.124. The number of Topliss-reactive ketones (excluding diaryl/α,β-unsaturated/α-hetero) is 1. The Kier molecular flexibility index (Phi) is 5.29. The smallest absolute Gasteiger partial charge is 0.406 e. The number of allylic oxidation sites excluding steroid dienone is 1. The van der Waals surface area contributed by atoms with Gasteiger partial charge in [0.15, 0.2) is 0 Å². The third-order valence-electron chi connectivity index (χ3n) is 4.50. The molecular weight excluding hydrogens is 374 g/mol. The molecule has 2 aromatic rings. The summed E-state index contributed by atoms with van der Waals surface area (Å²) in [7, 11) is 0. The molecule has 0 aliphatic carbocycles. The number of ketones is 2. The van der Waals surface area contributed by atoms with Gasteiger partial charge in [-0.15, -0.1) is 0 Å². The van der Waals surface area contributed by atoms with Crippen molar-refractivity contribution in [2.75, 3.05) is 0 Å². The Hall–Kier alpha value is -4.16. The molecule has 0 saturated carbocycles. The zero-order valence-corrected chi connectivity index (χ0v) is 15.3. The van der Waals surface area contributed by atoms with E-state index in [2.05, 4.69) is 4.79 Å². The first-order valence-electron chi connectivity index (χ1n) is 8.60. The minimum atomic E-state index is -1.38. The molecule has 29 heavy (non-hydrogen) atoms. The van der Waals surface area contributed by atoms with E-state index in [1.807, 2.05) is 0 Å². The maximum atomic E-state index is 12.7. The SMILES string of the molecule is CC(C(=O)C(=[N+]=[N-])C(=O)/C=C(\O)c1ccccc1)N1C(=O)c2ccccc2C1=O. The molecule has 1 aliphatic rings. The number of carbonyl (C=O) groups is 4. The van der Waals surface area contributed by atoms with Gasteiger partial charge in [0.2, 0.25) is 0 Å². The summed E-state index contributed by atoms with van der Waals surface area (Å²) in [5, 5.41) is 10.0. The summed E-state index contributed by atoms with van der Waals surface area (Å²) in [6.07, 6.45) is 0.734. The summed E-state index contributed by atoms with van der Waals surface area (Å²) in [5.41, 5.74) is 8.90. The van der Waals surface area contributed by atoms with E-state index in [0.29, 0.717) is 10.5 Å². The zero-order chi connectivity index (χ0) is 21.1. The normalized spacial score (nSPS) is 14.2. The number of amides is 2. The van der Waals surface area contributed by atoms with Crippen molar-refractivity contribution >= 4 is 34.9 Å². The van der Waals surface area contributed by atoms with Gasteiger partial charge in [0.1, 0.15) is 11.8 Å². The molecule has 8 heteroatoms. The van der Waals surface area contributed by atoms with Crippen LogP contribution in [0, 0.1) is 0 Å². The molecule has 1 N–H and O–H groups in total. The molecule has 1 atom stereocenters. The summed E-state index contributed by atoms with van der Waals surface area (Å²) in [4.78, 5) is 53.5. The summed E-state index contributed by atoms with van der Waals surface area (Å²) in [5.74, 6) is -3.90. The molecule has 1 aliphatic heterocycles. The number of hydrogen-bond acceptors (Lipinski definition) is 5. The second-order valence-electron chi connectivity index (χ2n) is 6.27. The van der Waals surface area contributed by atoms with Crippen molar-refractivity contribution in [3.63, 3.8) is 0 Å². The van der Waals surface area contributed by atoms with E-state index in [0.717, 1.165) is 6.08 Å². The summed E-state index contributed by atoms with van der Waals surface area (Å²) < 4.78 is 0. The predicted molar refractivity (Wildman–Crippen MR) is 102 cm³/mol. The van der Waals surface area contributed by atoms with Gasteiger partial charge in [-0.05, 0) is 19.1 Å². The molecule has 1 unspecified atom stereocenters. The Morgan fingerprint density at radius 1 is 1.00 bits per heavy atom. The van der Waals surface area contributed by atoms with Gasteiger partial charge >= 0.3 is 5.71 Å². The van der Waals surface area contributed by atoms with Crippen LogP contribution in [0.25, 0.3) is 11.3 Å². The van der Waals surface area contributed by atoms with Crippen LogP contribution in [0.1, 0.15) is 33.2 Å². The van der Waals surface area contributed by atoms with Crippen molar-refractivity contribution < 1.29 is 29.1 Å². The predicted octanol–water partition coefficient (Wildman–Crippen LogP) is 2.08. The van der Waals surface area contributed by atoms with E-state index < -0.39 is 40.9 Å². The number of aliphatic hydroxyl groups is 1. The van der Waals surface area contributed by atoms with Gasteiger partial charge in [0.25, 0.3) is 23.4 Å². The Labute approximate surface area is 165 Å². The number of nitrogens with zero attached hydrogens (tertiary/aromatic N) is 3. The Balaban J connectivity index is 1.85. The van der Waals surface area contributed by atoms with E-state index in [-0.39, 0.29) is 11.1 Å². The summed E-state index contributed by atoms with van der Waals surface area (Å²) >= 11 is 0. The molecule has 1 heterocycles. The third-order valence-corrected chi connectivity index (χ3v) is 4.50. The molecule has 0 fully saturated rings. The molecule has 0 saturated heterocycles. The fraction of sp³-hybridized carbons (Fsp3) is 0.0952. The van der Waals surface area contributed by atoms with Gasteiger partial charge in [-0.2, -0.15) is 4.79 Å².